The van der Waals surface area contributed by atoms with Gasteiger partial charge in [-0.2, -0.15) is 5.21 Å². The van der Waals surface area contributed by atoms with Crippen LogP contribution in [-0.4, -0.2) is 30.6 Å². The van der Waals surface area contributed by atoms with Gasteiger partial charge in [-0.3, -0.25) is 0 Å². The van der Waals surface area contributed by atoms with Crippen LogP contribution >= 0.6 is 11.6 Å². The van der Waals surface area contributed by atoms with Crippen molar-refractivity contribution in [2.45, 2.75) is 6.42 Å². The van der Waals surface area contributed by atoms with Gasteiger partial charge in [0, 0.05) is 28.9 Å². The van der Waals surface area contributed by atoms with Gasteiger partial charge >= 0.3 is 0 Å². The fraction of sp³-hybridized carbons (Fsp3) is 0.0500. The van der Waals surface area contributed by atoms with E-state index in [4.69, 9.17) is 11.6 Å². The second-order valence-electron chi connectivity index (χ2n) is 6.07. The summed E-state index contributed by atoms with van der Waals surface area (Å²) >= 11 is 6.24. The SMILES string of the molecule is C=C(Cc1ccccc1Cl)c1ccnc(Nc2ccc(-c3nn[nH]n3)cc2)n1. The number of allylic oxidation sites excluding steroid dienone is 1. The molecule has 8 heteroatoms. The monoisotopic (exact) mass is 389 g/mol. The Morgan fingerprint density at radius 3 is 2.64 bits per heavy atom. The minimum atomic E-state index is 0.491. The summed E-state index contributed by atoms with van der Waals surface area (Å²) in [6.07, 6.45) is 2.33. The van der Waals surface area contributed by atoms with Gasteiger partial charge in [-0.15, -0.1) is 10.2 Å². The van der Waals surface area contributed by atoms with Gasteiger partial charge in [0.05, 0.1) is 5.69 Å². The molecular weight excluding hydrogens is 374 g/mol. The number of tetrazole rings is 1. The highest BCUT2D eigenvalue weighted by Gasteiger charge is 2.08. The molecule has 0 unspecified atom stereocenters. The molecule has 0 aliphatic heterocycles. The van der Waals surface area contributed by atoms with Crippen molar-refractivity contribution in [1.29, 1.82) is 0 Å². The van der Waals surface area contributed by atoms with Crippen molar-refractivity contribution in [3.63, 3.8) is 0 Å². The average Bonchev–Trinajstić information content (AvgIpc) is 3.25. The topological polar surface area (TPSA) is 92.3 Å². The number of hydrogen-bond acceptors (Lipinski definition) is 6. The minimum Gasteiger partial charge on any atom is -0.324 e. The molecule has 0 aliphatic carbocycles. The Balaban J connectivity index is 1.48. The fourth-order valence-corrected chi connectivity index (χ4v) is 2.90. The zero-order valence-electron chi connectivity index (χ0n) is 14.8. The molecule has 2 aromatic carbocycles. The van der Waals surface area contributed by atoms with Crippen LogP contribution in [0.1, 0.15) is 11.3 Å². The molecule has 0 spiro atoms. The summed E-state index contributed by atoms with van der Waals surface area (Å²) in [4.78, 5) is 8.85. The largest absolute Gasteiger partial charge is 0.324 e. The van der Waals surface area contributed by atoms with Crippen molar-refractivity contribution < 1.29 is 0 Å². The van der Waals surface area contributed by atoms with Gasteiger partial charge in [-0.1, -0.05) is 36.4 Å². The van der Waals surface area contributed by atoms with Crippen LogP contribution in [0.15, 0.2) is 67.4 Å². The predicted octanol–water partition coefficient (Wildman–Crippen LogP) is 4.31. The smallest absolute Gasteiger partial charge is 0.227 e. The average molecular weight is 390 g/mol. The second kappa shape index (κ2) is 7.98. The van der Waals surface area contributed by atoms with E-state index in [0.717, 1.165) is 33.1 Å². The van der Waals surface area contributed by atoms with E-state index in [9.17, 15) is 0 Å². The second-order valence-corrected chi connectivity index (χ2v) is 6.48. The van der Waals surface area contributed by atoms with Gasteiger partial charge in [0.15, 0.2) is 0 Å². The molecule has 28 heavy (non-hydrogen) atoms. The number of halogens is 1. The van der Waals surface area contributed by atoms with E-state index >= 15 is 0 Å². The lowest BCUT2D eigenvalue weighted by Crippen LogP contribution is -2.00. The molecule has 0 radical (unpaired) electrons. The van der Waals surface area contributed by atoms with E-state index < -0.39 is 0 Å². The number of aromatic nitrogens is 6. The van der Waals surface area contributed by atoms with Crippen molar-refractivity contribution in [2.75, 3.05) is 5.32 Å². The van der Waals surface area contributed by atoms with E-state index in [1.54, 1.807) is 6.20 Å². The van der Waals surface area contributed by atoms with Crippen molar-refractivity contribution >= 4 is 28.8 Å². The van der Waals surface area contributed by atoms with Gasteiger partial charge < -0.3 is 5.32 Å². The lowest BCUT2D eigenvalue weighted by Gasteiger charge is -2.10. The number of H-pyrrole nitrogens is 1. The quantitative estimate of drug-likeness (QED) is 0.510. The van der Waals surface area contributed by atoms with Crippen LogP contribution in [0.25, 0.3) is 17.0 Å². The molecule has 2 heterocycles. The van der Waals surface area contributed by atoms with E-state index in [1.807, 2.05) is 54.6 Å². The van der Waals surface area contributed by atoms with Crippen LogP contribution in [0.5, 0.6) is 0 Å². The highest BCUT2D eigenvalue weighted by atomic mass is 35.5. The third kappa shape index (κ3) is 4.05. The van der Waals surface area contributed by atoms with Gasteiger partial charge in [-0.05, 0) is 52.7 Å². The summed E-state index contributed by atoms with van der Waals surface area (Å²) in [6.45, 7) is 4.15. The summed E-state index contributed by atoms with van der Waals surface area (Å²) in [7, 11) is 0. The molecule has 2 N–H and O–H groups in total. The maximum absolute atomic E-state index is 6.24. The molecule has 4 rings (SSSR count). The fourth-order valence-electron chi connectivity index (χ4n) is 2.69. The van der Waals surface area contributed by atoms with Crippen molar-refractivity contribution in [3.05, 3.63) is 83.7 Å². The third-order valence-corrected chi connectivity index (χ3v) is 4.49. The maximum atomic E-state index is 6.24. The Kier molecular flexibility index (Phi) is 5.07. The molecule has 0 amide bonds. The lowest BCUT2D eigenvalue weighted by atomic mass is 10.0. The zero-order valence-corrected chi connectivity index (χ0v) is 15.6. The van der Waals surface area contributed by atoms with Crippen LogP contribution in [0.4, 0.5) is 11.6 Å². The van der Waals surface area contributed by atoms with Crippen LogP contribution in [-0.2, 0) is 6.42 Å². The number of aromatic amines is 1. The van der Waals surface area contributed by atoms with E-state index in [-0.39, 0.29) is 0 Å². The van der Waals surface area contributed by atoms with Crippen LogP contribution in [0.3, 0.4) is 0 Å². The number of anilines is 2. The summed E-state index contributed by atoms with van der Waals surface area (Å²) < 4.78 is 0. The third-order valence-electron chi connectivity index (χ3n) is 4.12. The van der Waals surface area contributed by atoms with Gasteiger partial charge in [0.1, 0.15) is 0 Å². The number of hydrogen-bond donors (Lipinski definition) is 2. The number of benzene rings is 2. The van der Waals surface area contributed by atoms with Crippen LogP contribution < -0.4 is 5.32 Å². The first-order valence-corrected chi connectivity index (χ1v) is 8.92. The molecule has 0 atom stereocenters. The van der Waals surface area contributed by atoms with E-state index in [1.165, 1.54) is 0 Å². The summed E-state index contributed by atoms with van der Waals surface area (Å²) in [5, 5.41) is 17.8. The Bertz CT molecular complexity index is 1090. The van der Waals surface area contributed by atoms with Crippen LogP contribution in [0, 0.1) is 0 Å². The highest BCUT2D eigenvalue weighted by molar-refractivity contribution is 6.31. The maximum Gasteiger partial charge on any atom is 0.227 e. The number of nitrogens with one attached hydrogen (secondary N) is 2. The summed E-state index contributed by atoms with van der Waals surface area (Å²) in [5.41, 5.74) is 4.36. The molecular formula is C20H16ClN7. The Hall–Kier alpha value is -3.58. The highest BCUT2D eigenvalue weighted by Crippen LogP contribution is 2.23. The summed E-state index contributed by atoms with van der Waals surface area (Å²) in [5.74, 6) is 1.03. The molecule has 0 saturated carbocycles. The first-order valence-electron chi connectivity index (χ1n) is 8.54. The molecule has 2 aromatic heterocycles. The first-order chi connectivity index (χ1) is 13.7. The lowest BCUT2D eigenvalue weighted by molar-refractivity contribution is 0.881. The Morgan fingerprint density at radius 1 is 1.07 bits per heavy atom. The molecule has 7 nitrogen and oxygen atoms in total. The van der Waals surface area contributed by atoms with Crippen molar-refractivity contribution in [2.24, 2.45) is 0 Å². The Labute approximate surface area is 166 Å². The molecule has 0 saturated heterocycles. The first kappa shape index (κ1) is 17.8. The Morgan fingerprint density at radius 2 is 1.89 bits per heavy atom. The standard InChI is InChI=1S/C20H16ClN7/c1-13(12-15-4-2-3-5-17(15)21)18-10-11-22-20(24-18)23-16-8-6-14(7-9-16)19-25-27-28-26-19/h2-11H,1,12H2,(H,22,23,24)(H,25,26,27,28). The molecule has 138 valence electrons. The van der Waals surface area contributed by atoms with Gasteiger partial charge in [0.25, 0.3) is 0 Å². The minimum absolute atomic E-state index is 0.491. The van der Waals surface area contributed by atoms with Crippen LogP contribution in [0.2, 0.25) is 5.02 Å². The molecule has 0 bridgehead atoms. The molecule has 4 aromatic rings. The number of rotatable bonds is 6. The predicted molar refractivity (Wildman–Crippen MR) is 109 cm³/mol. The zero-order chi connectivity index (χ0) is 19.3. The van der Waals surface area contributed by atoms with Gasteiger partial charge in [-0.25, -0.2) is 9.97 Å². The van der Waals surface area contributed by atoms with E-state index in [0.29, 0.717) is 18.2 Å². The van der Waals surface area contributed by atoms with Crippen molar-refractivity contribution in [3.8, 4) is 11.4 Å². The molecule has 0 aliphatic rings. The number of nitrogens with zero attached hydrogens (tertiary/aromatic N) is 5. The van der Waals surface area contributed by atoms with Gasteiger partial charge in [0.2, 0.25) is 11.8 Å². The normalized spacial score (nSPS) is 10.6. The van der Waals surface area contributed by atoms with Crippen molar-refractivity contribution in [1.82, 2.24) is 30.6 Å². The van der Waals surface area contributed by atoms with E-state index in [2.05, 4.69) is 42.5 Å². The molecule has 0 fully saturated rings. The summed E-state index contributed by atoms with van der Waals surface area (Å²) in [6, 6.07) is 17.2.